The molecule has 2 rings (SSSR count). The number of benzene rings is 1. The van der Waals surface area contributed by atoms with Crippen molar-refractivity contribution < 1.29 is 14.5 Å². The first-order chi connectivity index (χ1) is 8.41. The van der Waals surface area contributed by atoms with E-state index in [1.165, 1.54) is 13.1 Å². The largest absolute Gasteiger partial charge is 0.285 e. The molecule has 1 fully saturated rings. The molecule has 2 amide bonds. The van der Waals surface area contributed by atoms with Crippen LogP contribution in [-0.4, -0.2) is 28.7 Å². The van der Waals surface area contributed by atoms with Gasteiger partial charge in [-0.15, -0.1) is 0 Å². The van der Waals surface area contributed by atoms with Gasteiger partial charge in [0.15, 0.2) is 0 Å². The van der Waals surface area contributed by atoms with Gasteiger partial charge < -0.3 is 0 Å². The summed E-state index contributed by atoms with van der Waals surface area (Å²) in [5.74, 6) is -1.42. The molecule has 0 bridgehead atoms. The van der Waals surface area contributed by atoms with Crippen molar-refractivity contribution in [2.24, 2.45) is 0 Å². The molecule has 0 unspecified atom stereocenters. The lowest BCUT2D eigenvalue weighted by molar-refractivity contribution is -0.385. The van der Waals surface area contributed by atoms with Crippen molar-refractivity contribution in [1.82, 2.24) is 4.90 Å². The molecule has 18 heavy (non-hydrogen) atoms. The van der Waals surface area contributed by atoms with Gasteiger partial charge in [-0.05, 0) is 13.0 Å². The zero-order valence-corrected chi connectivity index (χ0v) is 10.0. The molecule has 1 saturated heterocycles. The zero-order valence-electron chi connectivity index (χ0n) is 10.0. The Morgan fingerprint density at radius 3 is 2.56 bits per heavy atom. The maximum absolute atomic E-state index is 11.9. The van der Waals surface area contributed by atoms with E-state index in [-0.39, 0.29) is 23.9 Å². The minimum atomic E-state index is -0.734. The van der Waals surface area contributed by atoms with Crippen LogP contribution in [0.5, 0.6) is 0 Å². The molecule has 1 aliphatic rings. The van der Waals surface area contributed by atoms with Crippen LogP contribution in [0.25, 0.3) is 0 Å². The monoisotopic (exact) mass is 248 g/mol. The maximum atomic E-state index is 11.9. The molecule has 1 atom stereocenters. The molecule has 0 aromatic heterocycles. The molecule has 0 N–H and O–H groups in total. The molecule has 1 aliphatic heterocycles. The average Bonchev–Trinajstić information content (AvgIpc) is 2.56. The van der Waals surface area contributed by atoms with E-state index in [1.807, 2.05) is 0 Å². The minimum absolute atomic E-state index is 0.000370. The van der Waals surface area contributed by atoms with Gasteiger partial charge in [-0.3, -0.25) is 24.6 Å². The van der Waals surface area contributed by atoms with Gasteiger partial charge in [0, 0.05) is 25.1 Å². The molecule has 0 aliphatic carbocycles. The maximum Gasteiger partial charge on any atom is 0.273 e. The van der Waals surface area contributed by atoms with E-state index in [0.717, 1.165) is 10.5 Å². The number of amides is 2. The Kier molecular flexibility index (Phi) is 2.86. The van der Waals surface area contributed by atoms with Gasteiger partial charge in [0.1, 0.15) is 0 Å². The molecule has 6 heteroatoms. The van der Waals surface area contributed by atoms with Gasteiger partial charge >= 0.3 is 0 Å². The van der Waals surface area contributed by atoms with Crippen LogP contribution in [0.15, 0.2) is 18.2 Å². The number of hydrogen-bond donors (Lipinski definition) is 0. The second-order valence-electron chi connectivity index (χ2n) is 4.37. The van der Waals surface area contributed by atoms with Crippen molar-refractivity contribution >= 4 is 17.5 Å². The number of aryl methyl sites for hydroxylation is 1. The van der Waals surface area contributed by atoms with E-state index in [4.69, 9.17) is 0 Å². The lowest BCUT2D eigenvalue weighted by Gasteiger charge is -2.10. The first-order valence-electron chi connectivity index (χ1n) is 5.47. The van der Waals surface area contributed by atoms with Crippen molar-refractivity contribution in [3.63, 3.8) is 0 Å². The number of rotatable bonds is 2. The Balaban J connectivity index is 2.51. The van der Waals surface area contributed by atoms with Crippen LogP contribution < -0.4 is 0 Å². The number of carbonyl (C=O) groups is 2. The average molecular weight is 248 g/mol. The first-order valence-corrected chi connectivity index (χ1v) is 5.47. The summed E-state index contributed by atoms with van der Waals surface area (Å²) in [6, 6.07) is 4.60. The summed E-state index contributed by atoms with van der Waals surface area (Å²) in [4.78, 5) is 34.8. The standard InChI is InChI=1S/C12H12N2O4/c1-7-3-4-10(14(17)18)8(5-7)9-6-11(15)13(2)12(9)16/h3-5,9H,6H2,1-2H3/t9-/m1/s1. The number of nitro benzene ring substituents is 1. The number of hydrogen-bond acceptors (Lipinski definition) is 4. The summed E-state index contributed by atoms with van der Waals surface area (Å²) in [5, 5.41) is 11.0. The second-order valence-corrected chi connectivity index (χ2v) is 4.37. The van der Waals surface area contributed by atoms with Crippen molar-refractivity contribution in [2.75, 3.05) is 7.05 Å². The van der Waals surface area contributed by atoms with Gasteiger partial charge in [0.25, 0.3) is 5.69 Å². The highest BCUT2D eigenvalue weighted by atomic mass is 16.6. The Hall–Kier alpha value is -2.24. The number of nitro groups is 1. The molecule has 0 saturated carbocycles. The fourth-order valence-electron chi connectivity index (χ4n) is 2.12. The van der Waals surface area contributed by atoms with Gasteiger partial charge in [0.05, 0.1) is 10.8 Å². The third kappa shape index (κ3) is 1.85. The third-order valence-electron chi connectivity index (χ3n) is 3.14. The van der Waals surface area contributed by atoms with Crippen LogP contribution in [0, 0.1) is 17.0 Å². The number of carbonyl (C=O) groups excluding carboxylic acids is 2. The number of likely N-dealkylation sites (tertiary alicyclic amines) is 1. The third-order valence-corrected chi connectivity index (χ3v) is 3.14. The van der Waals surface area contributed by atoms with Crippen molar-refractivity contribution in [1.29, 1.82) is 0 Å². The van der Waals surface area contributed by atoms with Crippen LogP contribution in [-0.2, 0) is 9.59 Å². The van der Waals surface area contributed by atoms with Crippen molar-refractivity contribution in [2.45, 2.75) is 19.3 Å². The summed E-state index contributed by atoms with van der Waals surface area (Å²) >= 11 is 0. The highest BCUT2D eigenvalue weighted by molar-refractivity contribution is 6.06. The topological polar surface area (TPSA) is 80.5 Å². The van der Waals surface area contributed by atoms with Gasteiger partial charge in [-0.2, -0.15) is 0 Å². The highest BCUT2D eigenvalue weighted by Gasteiger charge is 2.40. The number of imide groups is 1. The van der Waals surface area contributed by atoms with Crippen LogP contribution in [0.2, 0.25) is 0 Å². The normalized spacial score (nSPS) is 19.4. The lowest BCUT2D eigenvalue weighted by atomic mass is 9.94. The van der Waals surface area contributed by atoms with Crippen molar-refractivity contribution in [3.8, 4) is 0 Å². The zero-order chi connectivity index (χ0) is 13.4. The Labute approximate surface area is 103 Å². The van der Waals surface area contributed by atoms with E-state index in [0.29, 0.717) is 5.56 Å². The summed E-state index contributed by atoms with van der Waals surface area (Å²) in [7, 11) is 1.40. The Morgan fingerprint density at radius 1 is 1.39 bits per heavy atom. The Morgan fingerprint density at radius 2 is 2.06 bits per heavy atom. The summed E-state index contributed by atoms with van der Waals surface area (Å²) in [6.45, 7) is 1.79. The molecule has 0 radical (unpaired) electrons. The summed E-state index contributed by atoms with van der Waals surface area (Å²) in [6.07, 6.45) is -0.000370. The van der Waals surface area contributed by atoms with Crippen LogP contribution in [0.3, 0.4) is 0 Å². The van der Waals surface area contributed by atoms with Gasteiger partial charge in [0.2, 0.25) is 11.8 Å². The molecular weight excluding hydrogens is 236 g/mol. The predicted molar refractivity (Wildman–Crippen MR) is 63.0 cm³/mol. The Bertz CT molecular complexity index is 553. The molecule has 6 nitrogen and oxygen atoms in total. The highest BCUT2D eigenvalue weighted by Crippen LogP contribution is 2.34. The van der Waals surface area contributed by atoms with Crippen LogP contribution in [0.4, 0.5) is 5.69 Å². The molecule has 94 valence electrons. The number of nitrogens with zero attached hydrogens (tertiary/aromatic N) is 2. The molecular formula is C12H12N2O4. The summed E-state index contributed by atoms with van der Waals surface area (Å²) in [5.41, 5.74) is 1.04. The van der Waals surface area contributed by atoms with Crippen molar-refractivity contribution in [3.05, 3.63) is 39.4 Å². The van der Waals surface area contributed by atoms with E-state index < -0.39 is 10.8 Å². The number of likely N-dealkylation sites (N-methyl/N-ethyl adjacent to an activating group) is 1. The smallest absolute Gasteiger partial charge is 0.273 e. The minimum Gasteiger partial charge on any atom is -0.285 e. The van der Waals surface area contributed by atoms with Gasteiger partial charge in [-0.25, -0.2) is 0 Å². The molecule has 1 heterocycles. The van der Waals surface area contributed by atoms with Gasteiger partial charge in [-0.1, -0.05) is 11.6 Å². The van der Waals surface area contributed by atoms with E-state index in [2.05, 4.69) is 0 Å². The fourth-order valence-corrected chi connectivity index (χ4v) is 2.12. The first kappa shape index (κ1) is 12.2. The lowest BCUT2D eigenvalue weighted by Crippen LogP contribution is -2.25. The predicted octanol–water partition coefficient (Wildman–Crippen LogP) is 1.38. The molecule has 0 spiro atoms. The second kappa shape index (κ2) is 4.21. The SMILES string of the molecule is Cc1ccc([N+](=O)[O-])c([C@H]2CC(=O)N(C)C2=O)c1. The van der Waals surface area contributed by atoms with E-state index >= 15 is 0 Å². The van der Waals surface area contributed by atoms with E-state index in [1.54, 1.807) is 19.1 Å². The quantitative estimate of drug-likeness (QED) is 0.450. The summed E-state index contributed by atoms with van der Waals surface area (Å²) < 4.78 is 0. The van der Waals surface area contributed by atoms with Crippen LogP contribution >= 0.6 is 0 Å². The van der Waals surface area contributed by atoms with Crippen LogP contribution in [0.1, 0.15) is 23.5 Å². The van der Waals surface area contributed by atoms with E-state index in [9.17, 15) is 19.7 Å². The molecule has 1 aromatic carbocycles. The fraction of sp³-hybridized carbons (Fsp3) is 0.333. The molecule has 1 aromatic rings.